The van der Waals surface area contributed by atoms with E-state index in [-0.39, 0.29) is 6.04 Å². The van der Waals surface area contributed by atoms with Crippen molar-refractivity contribution in [3.05, 3.63) is 48.5 Å². The molecule has 0 aliphatic rings. The van der Waals surface area contributed by atoms with Gasteiger partial charge in [-0.3, -0.25) is 0 Å². The van der Waals surface area contributed by atoms with Gasteiger partial charge in [0.1, 0.15) is 11.5 Å². The topological polar surface area (TPSA) is 66.6 Å². The quantitative estimate of drug-likeness (QED) is 0.352. The van der Waals surface area contributed by atoms with Crippen LogP contribution in [-0.4, -0.2) is 36.0 Å². The first-order valence-corrected chi connectivity index (χ1v) is 11.4. The van der Waals surface area contributed by atoms with Crippen molar-refractivity contribution in [2.45, 2.75) is 39.7 Å². The van der Waals surface area contributed by atoms with Crippen LogP contribution in [0.2, 0.25) is 0 Å². The Hall–Kier alpha value is -2.58. The Balaban J connectivity index is 1.70. The van der Waals surface area contributed by atoms with Crippen molar-refractivity contribution in [3.63, 3.8) is 0 Å². The summed E-state index contributed by atoms with van der Waals surface area (Å²) in [6.45, 7) is 8.10. The Bertz CT molecular complexity index is 813. The molecule has 31 heavy (non-hydrogen) atoms. The van der Waals surface area contributed by atoms with Gasteiger partial charge in [-0.1, -0.05) is 6.92 Å². The third kappa shape index (κ3) is 9.40. The van der Waals surface area contributed by atoms with Gasteiger partial charge >= 0.3 is 0 Å². The smallest absolute Gasteiger partial charge is 0.170 e. The lowest BCUT2D eigenvalue weighted by Crippen LogP contribution is -2.40. The van der Waals surface area contributed by atoms with Crippen molar-refractivity contribution in [3.8, 4) is 11.5 Å². The van der Waals surface area contributed by atoms with Gasteiger partial charge in [-0.15, -0.1) is 0 Å². The Morgan fingerprint density at radius 1 is 0.774 bits per heavy atom. The van der Waals surface area contributed by atoms with Gasteiger partial charge in [0.25, 0.3) is 0 Å². The van der Waals surface area contributed by atoms with Crippen LogP contribution in [0.4, 0.5) is 11.4 Å². The van der Waals surface area contributed by atoms with Crippen LogP contribution in [0.5, 0.6) is 11.5 Å². The first-order valence-electron chi connectivity index (χ1n) is 10.6. The molecule has 8 heteroatoms. The van der Waals surface area contributed by atoms with E-state index in [1.54, 1.807) is 0 Å². The van der Waals surface area contributed by atoms with Crippen LogP contribution in [0.3, 0.4) is 0 Å². The van der Waals surface area contributed by atoms with Gasteiger partial charge in [0.05, 0.1) is 13.2 Å². The van der Waals surface area contributed by atoms with Crippen LogP contribution < -0.4 is 30.7 Å². The molecule has 0 radical (unpaired) electrons. The molecule has 6 nitrogen and oxygen atoms in total. The first-order chi connectivity index (χ1) is 15.0. The molecule has 0 aromatic heterocycles. The lowest BCUT2D eigenvalue weighted by Gasteiger charge is -2.20. The zero-order valence-electron chi connectivity index (χ0n) is 18.4. The molecule has 4 N–H and O–H groups in total. The molecule has 0 heterocycles. The van der Waals surface area contributed by atoms with Gasteiger partial charge in [0, 0.05) is 24.0 Å². The van der Waals surface area contributed by atoms with E-state index in [1.165, 1.54) is 0 Å². The summed E-state index contributed by atoms with van der Waals surface area (Å²) in [6, 6.07) is 15.7. The Kier molecular flexibility index (Phi) is 10.9. The van der Waals surface area contributed by atoms with Gasteiger partial charge in [-0.05, 0) is 99.7 Å². The van der Waals surface area contributed by atoms with Crippen molar-refractivity contribution in [1.29, 1.82) is 0 Å². The predicted octanol–water partition coefficient (Wildman–Crippen LogP) is 4.93. The number of rotatable bonds is 11. The van der Waals surface area contributed by atoms with Crippen molar-refractivity contribution < 1.29 is 9.47 Å². The van der Waals surface area contributed by atoms with E-state index in [4.69, 9.17) is 33.9 Å². The highest BCUT2D eigenvalue weighted by Gasteiger charge is 2.09. The largest absolute Gasteiger partial charge is 0.494 e. The fourth-order valence-electron chi connectivity index (χ4n) is 2.87. The minimum Gasteiger partial charge on any atom is -0.494 e. The first kappa shape index (κ1) is 24.7. The summed E-state index contributed by atoms with van der Waals surface area (Å²) in [5, 5.41) is 14.2. The average Bonchev–Trinajstić information content (AvgIpc) is 2.76. The maximum absolute atomic E-state index is 5.46. The second-order valence-electron chi connectivity index (χ2n) is 6.79. The average molecular weight is 461 g/mol. The van der Waals surface area contributed by atoms with E-state index in [9.17, 15) is 0 Å². The zero-order valence-corrected chi connectivity index (χ0v) is 20.0. The molecule has 0 bridgehead atoms. The van der Waals surface area contributed by atoms with E-state index in [0.29, 0.717) is 23.4 Å². The number of hydrogen-bond acceptors (Lipinski definition) is 4. The monoisotopic (exact) mass is 460 g/mol. The summed E-state index contributed by atoms with van der Waals surface area (Å²) >= 11 is 10.8. The predicted molar refractivity (Wildman–Crippen MR) is 137 cm³/mol. The van der Waals surface area contributed by atoms with Crippen LogP contribution in [-0.2, 0) is 0 Å². The highest BCUT2D eigenvalue weighted by Crippen LogP contribution is 2.16. The fraction of sp³-hybridized carbons (Fsp3) is 0.391. The zero-order chi connectivity index (χ0) is 22.5. The van der Waals surface area contributed by atoms with Gasteiger partial charge in [0.2, 0.25) is 0 Å². The molecule has 2 rings (SSSR count). The summed E-state index contributed by atoms with van der Waals surface area (Å²) in [5.74, 6) is 1.69. The minimum atomic E-state index is 0.239. The summed E-state index contributed by atoms with van der Waals surface area (Å²) in [7, 11) is 0. The van der Waals surface area contributed by atoms with E-state index in [0.717, 1.165) is 42.3 Å². The third-order valence-corrected chi connectivity index (χ3v) is 4.92. The summed E-state index contributed by atoms with van der Waals surface area (Å²) in [4.78, 5) is 0. The van der Waals surface area contributed by atoms with E-state index >= 15 is 0 Å². The number of anilines is 2. The molecule has 0 saturated heterocycles. The molecule has 1 unspecified atom stereocenters. The van der Waals surface area contributed by atoms with E-state index in [1.807, 2.05) is 62.4 Å². The summed E-state index contributed by atoms with van der Waals surface area (Å²) in [5.41, 5.74) is 1.85. The van der Waals surface area contributed by atoms with Gasteiger partial charge in [-0.2, -0.15) is 0 Å². The Morgan fingerprint density at radius 3 is 1.71 bits per heavy atom. The SMILES string of the molecule is CCOc1ccc(NC(=S)NCCC(CC)NC(=S)Nc2ccc(OCC)cc2)cc1. The molecule has 0 aliphatic heterocycles. The highest BCUT2D eigenvalue weighted by molar-refractivity contribution is 7.80. The molecule has 2 aromatic carbocycles. The van der Waals surface area contributed by atoms with Crippen molar-refractivity contribution in [1.82, 2.24) is 10.6 Å². The van der Waals surface area contributed by atoms with Gasteiger partial charge in [0.15, 0.2) is 10.2 Å². The maximum atomic E-state index is 5.46. The molecule has 2 aromatic rings. The van der Waals surface area contributed by atoms with E-state index < -0.39 is 0 Å². The minimum absolute atomic E-state index is 0.239. The molecule has 0 amide bonds. The molecule has 0 saturated carbocycles. The third-order valence-electron chi connectivity index (χ3n) is 4.45. The standard InChI is InChI=1S/C23H32N4O2S2/c1-4-17(25-23(31)27-19-9-13-21(14-10-19)29-6-3)15-16-24-22(30)26-18-7-11-20(12-8-18)28-5-2/h7-14,17H,4-6,15-16H2,1-3H3,(H2,24,26,30)(H2,25,27,31). The fourth-order valence-corrected chi connectivity index (χ4v) is 3.37. The van der Waals surface area contributed by atoms with Crippen molar-refractivity contribution in [2.24, 2.45) is 0 Å². The number of ether oxygens (including phenoxy) is 2. The van der Waals surface area contributed by atoms with Gasteiger partial charge in [-0.25, -0.2) is 0 Å². The summed E-state index contributed by atoms with van der Waals surface area (Å²) in [6.07, 6.45) is 1.83. The molecule has 168 valence electrons. The van der Waals surface area contributed by atoms with Crippen LogP contribution >= 0.6 is 24.4 Å². The second-order valence-corrected chi connectivity index (χ2v) is 7.60. The molecular formula is C23H32N4O2S2. The normalized spacial score (nSPS) is 11.2. The maximum Gasteiger partial charge on any atom is 0.170 e. The number of hydrogen-bond donors (Lipinski definition) is 4. The number of nitrogens with one attached hydrogen (secondary N) is 4. The Labute approximate surface area is 196 Å². The molecule has 0 fully saturated rings. The highest BCUT2D eigenvalue weighted by atomic mass is 32.1. The van der Waals surface area contributed by atoms with Crippen LogP contribution in [0.1, 0.15) is 33.6 Å². The molecule has 1 atom stereocenters. The lowest BCUT2D eigenvalue weighted by molar-refractivity contribution is 0.340. The van der Waals surface area contributed by atoms with E-state index in [2.05, 4.69) is 28.2 Å². The van der Waals surface area contributed by atoms with Crippen LogP contribution in [0, 0.1) is 0 Å². The van der Waals surface area contributed by atoms with Crippen LogP contribution in [0.15, 0.2) is 48.5 Å². The number of benzene rings is 2. The summed E-state index contributed by atoms with van der Waals surface area (Å²) < 4.78 is 10.9. The molecule has 0 spiro atoms. The number of thiocarbonyl (C=S) groups is 2. The van der Waals surface area contributed by atoms with Crippen molar-refractivity contribution in [2.75, 3.05) is 30.4 Å². The van der Waals surface area contributed by atoms with Crippen LogP contribution in [0.25, 0.3) is 0 Å². The molecule has 0 aliphatic carbocycles. The lowest BCUT2D eigenvalue weighted by atomic mass is 10.1. The van der Waals surface area contributed by atoms with Gasteiger partial charge < -0.3 is 30.7 Å². The second kappa shape index (κ2) is 13.7. The molecular weight excluding hydrogens is 428 g/mol. The van der Waals surface area contributed by atoms with Crippen molar-refractivity contribution >= 4 is 46.0 Å². The Morgan fingerprint density at radius 2 is 1.26 bits per heavy atom.